The number of hydrogen-bond acceptors (Lipinski definition) is 0. The van der Waals surface area contributed by atoms with E-state index in [-0.39, 0.29) is 0 Å². The van der Waals surface area contributed by atoms with E-state index in [4.69, 9.17) is 0 Å². The normalized spacial score (nSPS) is 25.5. The lowest BCUT2D eigenvalue weighted by molar-refractivity contribution is 0.165. The van der Waals surface area contributed by atoms with Gasteiger partial charge in [-0.05, 0) is 28.6 Å². The van der Waals surface area contributed by atoms with Gasteiger partial charge in [0.15, 0.2) is 0 Å². The van der Waals surface area contributed by atoms with Crippen molar-refractivity contribution in [2.45, 2.75) is 91.4 Å². The smallest absolute Gasteiger partial charge is 0.0168 e. The second-order valence-electron chi connectivity index (χ2n) is 6.45. The van der Waals surface area contributed by atoms with Crippen molar-refractivity contribution < 1.29 is 0 Å². The van der Waals surface area contributed by atoms with Crippen molar-refractivity contribution in [3.63, 3.8) is 0 Å². The largest absolute Gasteiger partial charge is 0.110 e. The predicted octanol–water partition coefficient (Wildman–Crippen LogP) is 5.85. The summed E-state index contributed by atoms with van der Waals surface area (Å²) in [6.45, 7) is 18.6. The fourth-order valence-corrected chi connectivity index (χ4v) is 6.45. The molecule has 0 unspecified atom stereocenters. The van der Waals surface area contributed by atoms with Gasteiger partial charge in [-0.25, -0.2) is 0 Å². The maximum Gasteiger partial charge on any atom is -0.0168 e. The van der Waals surface area contributed by atoms with Crippen LogP contribution in [0.4, 0.5) is 0 Å². The summed E-state index contributed by atoms with van der Waals surface area (Å²) in [5.41, 5.74) is 0.637. The first-order valence-corrected chi connectivity index (χ1v) is 8.04. The Kier molecular flexibility index (Phi) is 6.01. The van der Waals surface area contributed by atoms with Gasteiger partial charge in [-0.15, -0.1) is 8.58 Å². The molecule has 1 saturated heterocycles. The van der Waals surface area contributed by atoms with Gasteiger partial charge in [0.05, 0.1) is 0 Å². The SMILES string of the molecule is CC.CCC1(CC)CC(C)(C)PC(C)(C)C1. The van der Waals surface area contributed by atoms with Gasteiger partial charge in [0.25, 0.3) is 0 Å². The lowest BCUT2D eigenvalue weighted by Crippen LogP contribution is -2.41. The van der Waals surface area contributed by atoms with Gasteiger partial charge in [0.2, 0.25) is 0 Å². The molecule has 1 aliphatic heterocycles. The summed E-state index contributed by atoms with van der Waals surface area (Å²) in [6.07, 6.45) is 5.60. The summed E-state index contributed by atoms with van der Waals surface area (Å²) < 4.78 is 0. The molecule has 0 aromatic heterocycles. The first kappa shape index (κ1) is 16.4. The van der Waals surface area contributed by atoms with E-state index >= 15 is 0 Å². The highest BCUT2D eigenvalue weighted by Gasteiger charge is 2.45. The van der Waals surface area contributed by atoms with E-state index in [1.54, 1.807) is 0 Å². The summed E-state index contributed by atoms with van der Waals surface area (Å²) in [5.74, 6) is 0. The van der Waals surface area contributed by atoms with Crippen molar-refractivity contribution >= 4 is 8.58 Å². The Morgan fingerprint density at radius 1 is 0.812 bits per heavy atom. The van der Waals surface area contributed by atoms with Crippen LogP contribution < -0.4 is 0 Å². The molecule has 0 radical (unpaired) electrons. The minimum absolute atomic E-state index is 0.577. The van der Waals surface area contributed by atoms with Crippen LogP contribution in [0.3, 0.4) is 0 Å². The van der Waals surface area contributed by atoms with Crippen molar-refractivity contribution in [2.75, 3.05) is 0 Å². The van der Waals surface area contributed by atoms with Crippen LogP contribution in [0.1, 0.15) is 81.1 Å². The molecule has 1 heterocycles. The Morgan fingerprint density at radius 2 is 1.12 bits per heavy atom. The lowest BCUT2D eigenvalue weighted by Gasteiger charge is -2.52. The summed E-state index contributed by atoms with van der Waals surface area (Å²) in [6, 6.07) is 0. The molecule has 1 rings (SSSR count). The highest BCUT2D eigenvalue weighted by Crippen LogP contribution is 2.60. The molecule has 0 atom stereocenters. The van der Waals surface area contributed by atoms with Gasteiger partial charge >= 0.3 is 0 Å². The molecular formula is C15H33P. The second-order valence-corrected chi connectivity index (χ2v) is 9.41. The number of rotatable bonds is 2. The zero-order valence-corrected chi connectivity index (χ0v) is 13.8. The molecule has 0 nitrogen and oxygen atoms in total. The highest BCUT2D eigenvalue weighted by molar-refractivity contribution is 7.41. The molecule has 1 heteroatoms. The van der Waals surface area contributed by atoms with Crippen molar-refractivity contribution in [2.24, 2.45) is 5.41 Å². The van der Waals surface area contributed by atoms with E-state index in [0.717, 1.165) is 8.58 Å². The molecule has 1 fully saturated rings. The molecule has 0 bridgehead atoms. The molecule has 0 spiro atoms. The quantitative estimate of drug-likeness (QED) is 0.535. The molecule has 0 amide bonds. The van der Waals surface area contributed by atoms with Crippen LogP contribution in [0.25, 0.3) is 0 Å². The Morgan fingerprint density at radius 3 is 1.38 bits per heavy atom. The summed E-state index contributed by atoms with van der Waals surface area (Å²) in [4.78, 5) is 0. The highest BCUT2D eigenvalue weighted by atomic mass is 31.1. The second kappa shape index (κ2) is 5.85. The van der Waals surface area contributed by atoms with Crippen molar-refractivity contribution in [1.29, 1.82) is 0 Å². The maximum atomic E-state index is 2.46. The van der Waals surface area contributed by atoms with Gasteiger partial charge in [-0.3, -0.25) is 0 Å². The van der Waals surface area contributed by atoms with E-state index in [9.17, 15) is 0 Å². The minimum atomic E-state index is 0.577. The first-order valence-electron chi connectivity index (χ1n) is 7.04. The first-order chi connectivity index (χ1) is 7.24. The third kappa shape index (κ3) is 4.36. The average molecular weight is 244 g/mol. The molecular weight excluding hydrogens is 211 g/mol. The van der Waals surface area contributed by atoms with E-state index in [2.05, 4.69) is 41.5 Å². The molecule has 0 N–H and O–H groups in total. The third-order valence-electron chi connectivity index (χ3n) is 3.81. The molecule has 98 valence electrons. The van der Waals surface area contributed by atoms with Gasteiger partial charge in [0, 0.05) is 0 Å². The molecule has 0 aliphatic carbocycles. The van der Waals surface area contributed by atoms with E-state index in [1.165, 1.54) is 25.7 Å². The van der Waals surface area contributed by atoms with E-state index < -0.39 is 0 Å². The van der Waals surface area contributed by atoms with Gasteiger partial charge in [0.1, 0.15) is 0 Å². The standard InChI is InChI=1S/C13H27P.C2H6/c1-7-13(8-2)9-11(3,4)14-12(5,6)10-13;1-2/h14H,7-10H2,1-6H3;1-2H3. The molecule has 1 aliphatic rings. The van der Waals surface area contributed by atoms with E-state index in [0.29, 0.717) is 15.7 Å². The summed E-state index contributed by atoms with van der Waals surface area (Å²) >= 11 is 0. The van der Waals surface area contributed by atoms with Gasteiger partial charge in [-0.2, -0.15) is 0 Å². The van der Waals surface area contributed by atoms with Crippen LogP contribution >= 0.6 is 8.58 Å². The minimum Gasteiger partial charge on any atom is -0.110 e. The lowest BCUT2D eigenvalue weighted by atomic mass is 9.69. The zero-order valence-electron chi connectivity index (χ0n) is 12.8. The molecule has 16 heavy (non-hydrogen) atoms. The topological polar surface area (TPSA) is 0 Å². The van der Waals surface area contributed by atoms with E-state index in [1.807, 2.05) is 13.8 Å². The van der Waals surface area contributed by atoms with Crippen molar-refractivity contribution in [3.05, 3.63) is 0 Å². The average Bonchev–Trinajstić information content (AvgIpc) is 2.16. The van der Waals surface area contributed by atoms with Crippen LogP contribution in [0, 0.1) is 5.41 Å². The third-order valence-corrected chi connectivity index (χ3v) is 5.52. The van der Waals surface area contributed by atoms with Crippen LogP contribution in [0.15, 0.2) is 0 Å². The van der Waals surface area contributed by atoms with Crippen molar-refractivity contribution in [3.8, 4) is 0 Å². The fraction of sp³-hybridized carbons (Fsp3) is 1.00. The Bertz CT molecular complexity index is 181. The van der Waals surface area contributed by atoms with Crippen LogP contribution in [0.5, 0.6) is 0 Å². The molecule has 0 saturated carbocycles. The fourth-order valence-electron chi connectivity index (χ4n) is 3.69. The van der Waals surface area contributed by atoms with Crippen LogP contribution in [-0.4, -0.2) is 10.3 Å². The molecule has 0 aromatic carbocycles. The zero-order chi connectivity index (χ0) is 13.0. The maximum absolute atomic E-state index is 2.46. The monoisotopic (exact) mass is 244 g/mol. The van der Waals surface area contributed by atoms with Gasteiger partial charge in [-0.1, -0.05) is 68.2 Å². The Labute approximate surface area is 106 Å². The number of hydrogen-bond donors (Lipinski definition) is 0. The predicted molar refractivity (Wildman–Crippen MR) is 80.1 cm³/mol. The molecule has 0 aromatic rings. The van der Waals surface area contributed by atoms with Crippen LogP contribution in [-0.2, 0) is 0 Å². The van der Waals surface area contributed by atoms with Crippen molar-refractivity contribution in [1.82, 2.24) is 0 Å². The Balaban J connectivity index is 0.00000106. The van der Waals surface area contributed by atoms with Crippen LogP contribution in [0.2, 0.25) is 0 Å². The summed E-state index contributed by atoms with van der Waals surface area (Å²) in [7, 11) is 1.13. The Hall–Kier alpha value is 0.430. The summed E-state index contributed by atoms with van der Waals surface area (Å²) in [5, 5.41) is 1.15. The van der Waals surface area contributed by atoms with Gasteiger partial charge < -0.3 is 0 Å².